The molecule has 1 aliphatic rings. The van der Waals surface area contributed by atoms with Crippen molar-refractivity contribution in [1.82, 2.24) is 9.78 Å². The first-order valence-electron chi connectivity index (χ1n) is 7.83. The largest absolute Gasteiger partial charge is 0.417 e. The third kappa shape index (κ3) is 2.93. The molecule has 8 heteroatoms. The normalized spacial score (nSPS) is 13.6. The van der Waals surface area contributed by atoms with Crippen molar-refractivity contribution in [2.24, 2.45) is 0 Å². The fraction of sp³-hybridized carbons (Fsp3) is 0.167. The molecule has 0 spiro atoms. The van der Waals surface area contributed by atoms with Gasteiger partial charge in [-0.25, -0.2) is 4.68 Å². The van der Waals surface area contributed by atoms with Crippen molar-refractivity contribution in [1.29, 1.82) is 0 Å². The van der Waals surface area contributed by atoms with Crippen molar-refractivity contribution in [3.05, 3.63) is 63.6 Å². The molecule has 26 heavy (non-hydrogen) atoms. The SMILES string of the molecule is FC(F)(F)c1ccccc1-c1nn(-c2cc(Cl)cc(Cl)c2)c2c1CCN2. The van der Waals surface area contributed by atoms with Crippen LogP contribution >= 0.6 is 23.2 Å². The molecule has 0 atom stereocenters. The van der Waals surface area contributed by atoms with Crippen LogP contribution in [0.3, 0.4) is 0 Å². The Bertz CT molecular complexity index is 976. The number of nitrogens with zero attached hydrogens (tertiary/aromatic N) is 2. The van der Waals surface area contributed by atoms with Crippen molar-refractivity contribution in [3.63, 3.8) is 0 Å². The third-order valence-corrected chi connectivity index (χ3v) is 4.67. The number of aromatic nitrogens is 2. The summed E-state index contributed by atoms with van der Waals surface area (Å²) in [6.07, 6.45) is -3.87. The first kappa shape index (κ1) is 17.2. The molecular formula is C18H12Cl2F3N3. The lowest BCUT2D eigenvalue weighted by molar-refractivity contribution is -0.137. The average molecular weight is 398 g/mol. The zero-order valence-corrected chi connectivity index (χ0v) is 14.8. The van der Waals surface area contributed by atoms with Gasteiger partial charge in [-0.15, -0.1) is 0 Å². The topological polar surface area (TPSA) is 29.9 Å². The van der Waals surface area contributed by atoms with E-state index in [-0.39, 0.29) is 5.56 Å². The number of benzene rings is 2. The van der Waals surface area contributed by atoms with Crippen molar-refractivity contribution in [2.45, 2.75) is 12.6 Å². The van der Waals surface area contributed by atoms with Gasteiger partial charge in [-0.05, 0) is 30.7 Å². The van der Waals surface area contributed by atoms with Gasteiger partial charge in [0.15, 0.2) is 0 Å². The number of halogens is 5. The average Bonchev–Trinajstić information content (AvgIpc) is 3.15. The van der Waals surface area contributed by atoms with Crippen molar-refractivity contribution in [3.8, 4) is 16.9 Å². The van der Waals surface area contributed by atoms with Crippen LogP contribution in [0.15, 0.2) is 42.5 Å². The highest BCUT2D eigenvalue weighted by Gasteiger charge is 2.35. The van der Waals surface area contributed by atoms with Crippen LogP contribution in [0.25, 0.3) is 16.9 Å². The number of alkyl halides is 3. The van der Waals surface area contributed by atoms with Gasteiger partial charge in [0.05, 0.1) is 16.9 Å². The summed E-state index contributed by atoms with van der Waals surface area (Å²) < 4.78 is 41.9. The zero-order valence-electron chi connectivity index (χ0n) is 13.2. The minimum atomic E-state index is -4.46. The first-order chi connectivity index (χ1) is 12.3. The van der Waals surface area contributed by atoms with E-state index in [2.05, 4.69) is 10.4 Å². The highest BCUT2D eigenvalue weighted by atomic mass is 35.5. The molecule has 3 nitrogen and oxygen atoms in total. The van der Waals surface area contributed by atoms with E-state index in [9.17, 15) is 13.2 Å². The number of hydrogen-bond acceptors (Lipinski definition) is 2. The van der Waals surface area contributed by atoms with E-state index in [4.69, 9.17) is 23.2 Å². The number of rotatable bonds is 2. The summed E-state index contributed by atoms with van der Waals surface area (Å²) in [6.45, 7) is 0.628. The molecule has 1 N–H and O–H groups in total. The lowest BCUT2D eigenvalue weighted by Gasteiger charge is -2.11. The monoisotopic (exact) mass is 397 g/mol. The Labute approximate surface area is 157 Å². The molecule has 4 rings (SSSR count). The second-order valence-electron chi connectivity index (χ2n) is 5.94. The van der Waals surface area contributed by atoms with E-state index in [1.165, 1.54) is 12.1 Å². The molecule has 1 aliphatic heterocycles. The van der Waals surface area contributed by atoms with Crippen LogP contribution in [0.2, 0.25) is 10.0 Å². The molecule has 134 valence electrons. The summed E-state index contributed by atoms with van der Waals surface area (Å²) in [5, 5.41) is 8.50. The Morgan fingerprint density at radius 3 is 2.42 bits per heavy atom. The number of anilines is 1. The molecule has 0 radical (unpaired) electrons. The third-order valence-electron chi connectivity index (χ3n) is 4.23. The molecule has 0 aliphatic carbocycles. The van der Waals surface area contributed by atoms with Gasteiger partial charge in [0, 0.05) is 27.7 Å². The molecule has 1 aromatic heterocycles. The van der Waals surface area contributed by atoms with Crippen LogP contribution in [0, 0.1) is 0 Å². The summed E-state index contributed by atoms with van der Waals surface area (Å²) in [5.41, 5.74) is 1.01. The van der Waals surface area contributed by atoms with Gasteiger partial charge in [-0.1, -0.05) is 41.4 Å². The van der Waals surface area contributed by atoms with Gasteiger partial charge in [0.1, 0.15) is 5.82 Å². The molecule has 0 saturated carbocycles. The first-order valence-corrected chi connectivity index (χ1v) is 8.59. The van der Waals surface area contributed by atoms with Crippen LogP contribution in [0.4, 0.5) is 19.0 Å². The maximum atomic E-state index is 13.4. The Hall–Kier alpha value is -2.18. The second kappa shape index (κ2) is 6.21. The summed E-state index contributed by atoms with van der Waals surface area (Å²) >= 11 is 12.1. The van der Waals surface area contributed by atoms with Crippen LogP contribution in [-0.4, -0.2) is 16.3 Å². The molecule has 0 amide bonds. The van der Waals surface area contributed by atoms with Crippen molar-refractivity contribution in [2.75, 3.05) is 11.9 Å². The molecule has 0 bridgehead atoms. The summed E-state index contributed by atoms with van der Waals surface area (Å²) in [6, 6.07) is 10.4. The zero-order chi connectivity index (χ0) is 18.5. The predicted molar refractivity (Wildman–Crippen MR) is 96.2 cm³/mol. The number of fused-ring (bicyclic) bond motifs is 1. The molecule has 2 aromatic carbocycles. The molecule has 0 fully saturated rings. The van der Waals surface area contributed by atoms with E-state index >= 15 is 0 Å². The Kier molecular flexibility index (Phi) is 4.12. The van der Waals surface area contributed by atoms with Gasteiger partial charge in [0.2, 0.25) is 0 Å². The van der Waals surface area contributed by atoms with Crippen LogP contribution in [-0.2, 0) is 12.6 Å². The van der Waals surface area contributed by atoms with Crippen LogP contribution in [0.1, 0.15) is 11.1 Å². The Morgan fingerprint density at radius 1 is 1.04 bits per heavy atom. The highest BCUT2D eigenvalue weighted by molar-refractivity contribution is 6.34. The van der Waals surface area contributed by atoms with Crippen LogP contribution in [0.5, 0.6) is 0 Å². The van der Waals surface area contributed by atoms with Gasteiger partial charge in [-0.3, -0.25) is 0 Å². The minimum absolute atomic E-state index is 0.0619. The molecule has 2 heterocycles. The number of nitrogens with one attached hydrogen (secondary N) is 1. The smallest absolute Gasteiger partial charge is 0.369 e. The van der Waals surface area contributed by atoms with E-state index < -0.39 is 11.7 Å². The lowest BCUT2D eigenvalue weighted by Crippen LogP contribution is -2.08. The second-order valence-corrected chi connectivity index (χ2v) is 6.81. The standard InChI is InChI=1S/C18H12Cl2F3N3/c19-10-7-11(20)9-12(8-10)26-17-14(5-6-24-17)16(25-26)13-3-1-2-4-15(13)18(21,22)23/h1-4,7-9,24H,5-6H2. The summed E-state index contributed by atoms with van der Waals surface area (Å²) in [4.78, 5) is 0. The molecular weight excluding hydrogens is 386 g/mol. The molecule has 0 saturated heterocycles. The van der Waals surface area contributed by atoms with Crippen molar-refractivity contribution < 1.29 is 13.2 Å². The van der Waals surface area contributed by atoms with Gasteiger partial charge < -0.3 is 5.32 Å². The van der Waals surface area contributed by atoms with E-state index in [0.717, 1.165) is 11.6 Å². The van der Waals surface area contributed by atoms with E-state index in [0.29, 0.717) is 40.2 Å². The maximum absolute atomic E-state index is 13.4. The van der Waals surface area contributed by atoms with Crippen molar-refractivity contribution >= 4 is 29.0 Å². The fourth-order valence-corrected chi connectivity index (χ4v) is 3.69. The Morgan fingerprint density at radius 2 is 1.73 bits per heavy atom. The quantitative estimate of drug-likeness (QED) is 0.589. The van der Waals surface area contributed by atoms with Gasteiger partial charge >= 0.3 is 6.18 Å². The minimum Gasteiger partial charge on any atom is -0.369 e. The molecule has 3 aromatic rings. The summed E-state index contributed by atoms with van der Waals surface area (Å²) in [5.74, 6) is 0.662. The highest BCUT2D eigenvalue weighted by Crippen LogP contribution is 2.41. The van der Waals surface area contributed by atoms with Gasteiger partial charge in [-0.2, -0.15) is 18.3 Å². The molecule has 0 unspecified atom stereocenters. The van der Waals surface area contributed by atoms with Crippen LogP contribution < -0.4 is 5.32 Å². The van der Waals surface area contributed by atoms with Gasteiger partial charge in [0.25, 0.3) is 0 Å². The lowest BCUT2D eigenvalue weighted by atomic mass is 10.0. The summed E-state index contributed by atoms with van der Waals surface area (Å²) in [7, 11) is 0. The fourth-order valence-electron chi connectivity index (χ4n) is 3.18. The maximum Gasteiger partial charge on any atom is 0.417 e. The van der Waals surface area contributed by atoms with E-state index in [1.54, 1.807) is 28.9 Å². The Balaban J connectivity index is 1.94. The number of hydrogen-bond donors (Lipinski definition) is 1. The predicted octanol–water partition coefficient (Wildman–Crippen LogP) is 5.83. The van der Waals surface area contributed by atoms with E-state index in [1.807, 2.05) is 0 Å².